The van der Waals surface area contributed by atoms with E-state index in [1.54, 1.807) is 0 Å². The molecule has 1 saturated carbocycles. The minimum absolute atomic E-state index is 0.0369. The van der Waals surface area contributed by atoms with Crippen LogP contribution in [0.25, 0.3) is 0 Å². The van der Waals surface area contributed by atoms with Gasteiger partial charge in [-0.3, -0.25) is 4.79 Å². The summed E-state index contributed by atoms with van der Waals surface area (Å²) in [6.07, 6.45) is 6.69. The highest BCUT2D eigenvalue weighted by molar-refractivity contribution is 7.99. The first-order valence-electron chi connectivity index (χ1n) is 6.80. The summed E-state index contributed by atoms with van der Waals surface area (Å²) >= 11 is 1.93. The van der Waals surface area contributed by atoms with Crippen LogP contribution in [0.1, 0.15) is 41.6 Å². The van der Waals surface area contributed by atoms with Gasteiger partial charge in [-0.25, -0.2) is 0 Å². The molecule has 1 aliphatic carbocycles. The molecule has 1 aromatic rings. The lowest BCUT2D eigenvalue weighted by atomic mass is 9.94. The number of benzene rings is 1. The van der Waals surface area contributed by atoms with E-state index in [2.05, 4.69) is 11.6 Å². The highest BCUT2D eigenvalue weighted by Crippen LogP contribution is 2.27. The van der Waals surface area contributed by atoms with E-state index in [0.29, 0.717) is 17.3 Å². The number of thioether (sulfide) groups is 1. The van der Waals surface area contributed by atoms with E-state index in [9.17, 15) is 4.79 Å². The third-order valence-electron chi connectivity index (χ3n) is 3.79. The van der Waals surface area contributed by atoms with Crippen LogP contribution in [0, 0.1) is 6.92 Å². The fraction of sp³-hybridized carbons (Fsp3) is 0.533. The molecule has 1 aliphatic rings. The van der Waals surface area contributed by atoms with E-state index in [0.717, 1.165) is 23.7 Å². The molecule has 0 aromatic heterocycles. The quantitative estimate of drug-likeness (QED) is 0.836. The van der Waals surface area contributed by atoms with Crippen LogP contribution < -0.4 is 11.1 Å². The maximum Gasteiger partial charge on any atom is 0.253 e. The van der Waals surface area contributed by atoms with Crippen molar-refractivity contribution < 1.29 is 4.79 Å². The predicted octanol–water partition coefficient (Wildman–Crippen LogP) is 2.98. The van der Waals surface area contributed by atoms with Crippen LogP contribution >= 0.6 is 11.8 Å². The van der Waals surface area contributed by atoms with Crippen molar-refractivity contribution in [2.24, 2.45) is 0 Å². The summed E-state index contributed by atoms with van der Waals surface area (Å²) < 4.78 is 0. The number of hydrogen-bond acceptors (Lipinski definition) is 3. The topological polar surface area (TPSA) is 55.1 Å². The SMILES string of the molecule is CSC1CCC(NC(=O)c2ccc(C)cc2N)CC1. The Bertz CT molecular complexity index is 453. The molecule has 0 heterocycles. The lowest BCUT2D eigenvalue weighted by molar-refractivity contribution is 0.0929. The number of rotatable bonds is 3. The Morgan fingerprint density at radius 3 is 2.58 bits per heavy atom. The molecule has 0 bridgehead atoms. The molecule has 0 unspecified atom stereocenters. The van der Waals surface area contributed by atoms with E-state index in [-0.39, 0.29) is 5.91 Å². The van der Waals surface area contributed by atoms with Gasteiger partial charge in [0, 0.05) is 17.0 Å². The molecule has 0 aliphatic heterocycles. The number of hydrogen-bond donors (Lipinski definition) is 2. The van der Waals surface area contributed by atoms with Crippen molar-refractivity contribution in [2.75, 3.05) is 12.0 Å². The molecule has 1 fully saturated rings. The van der Waals surface area contributed by atoms with E-state index < -0.39 is 0 Å². The largest absolute Gasteiger partial charge is 0.398 e. The summed E-state index contributed by atoms with van der Waals surface area (Å²) in [5.41, 5.74) is 8.15. The Labute approximate surface area is 119 Å². The second kappa shape index (κ2) is 6.33. The summed E-state index contributed by atoms with van der Waals surface area (Å²) in [6.45, 7) is 1.97. The van der Waals surface area contributed by atoms with Gasteiger partial charge in [0.1, 0.15) is 0 Å². The van der Waals surface area contributed by atoms with Crippen LogP contribution in [0.5, 0.6) is 0 Å². The van der Waals surface area contributed by atoms with Crippen molar-refractivity contribution >= 4 is 23.4 Å². The van der Waals surface area contributed by atoms with Gasteiger partial charge in [-0.05, 0) is 56.6 Å². The van der Waals surface area contributed by atoms with Gasteiger partial charge in [0.25, 0.3) is 5.91 Å². The molecular weight excluding hydrogens is 256 g/mol. The summed E-state index contributed by atoms with van der Waals surface area (Å²) in [7, 11) is 0. The smallest absolute Gasteiger partial charge is 0.253 e. The number of nitrogens with two attached hydrogens (primary N) is 1. The van der Waals surface area contributed by atoms with Crippen molar-refractivity contribution in [2.45, 2.75) is 43.9 Å². The van der Waals surface area contributed by atoms with E-state index in [4.69, 9.17) is 5.73 Å². The number of nitrogen functional groups attached to an aromatic ring is 1. The molecule has 2 rings (SSSR count). The summed E-state index contributed by atoms with van der Waals surface area (Å²) in [5, 5.41) is 3.87. The van der Waals surface area contributed by atoms with Crippen molar-refractivity contribution in [3.05, 3.63) is 29.3 Å². The van der Waals surface area contributed by atoms with Gasteiger partial charge in [0.15, 0.2) is 0 Å². The Balaban J connectivity index is 1.94. The molecule has 0 saturated heterocycles. The zero-order valence-electron chi connectivity index (χ0n) is 11.6. The zero-order valence-corrected chi connectivity index (χ0v) is 12.4. The van der Waals surface area contributed by atoms with Crippen molar-refractivity contribution in [3.8, 4) is 0 Å². The van der Waals surface area contributed by atoms with Crippen molar-refractivity contribution in [1.82, 2.24) is 5.32 Å². The first-order chi connectivity index (χ1) is 9.10. The average molecular weight is 278 g/mol. The van der Waals surface area contributed by atoms with E-state index >= 15 is 0 Å². The third kappa shape index (κ3) is 3.66. The second-order valence-electron chi connectivity index (χ2n) is 5.27. The third-order valence-corrected chi connectivity index (χ3v) is 4.93. The first-order valence-corrected chi connectivity index (χ1v) is 8.08. The Morgan fingerprint density at radius 2 is 2.00 bits per heavy atom. The fourth-order valence-corrected chi connectivity index (χ4v) is 3.34. The molecule has 104 valence electrons. The van der Waals surface area contributed by atoms with Crippen LogP contribution in [0.2, 0.25) is 0 Å². The number of nitrogens with one attached hydrogen (secondary N) is 1. The van der Waals surface area contributed by atoms with E-state index in [1.807, 2.05) is 36.9 Å². The molecule has 19 heavy (non-hydrogen) atoms. The lowest BCUT2D eigenvalue weighted by Crippen LogP contribution is -2.38. The van der Waals surface area contributed by atoms with Gasteiger partial charge in [-0.15, -0.1) is 0 Å². The number of carbonyl (C=O) groups excluding carboxylic acids is 1. The lowest BCUT2D eigenvalue weighted by Gasteiger charge is -2.28. The van der Waals surface area contributed by atoms with Gasteiger partial charge in [-0.2, -0.15) is 11.8 Å². The minimum atomic E-state index is -0.0369. The van der Waals surface area contributed by atoms with Gasteiger partial charge in [0.05, 0.1) is 5.56 Å². The maximum atomic E-state index is 12.2. The molecule has 1 amide bonds. The average Bonchev–Trinajstić information content (AvgIpc) is 2.39. The molecule has 1 aromatic carbocycles. The predicted molar refractivity (Wildman–Crippen MR) is 82.6 cm³/mol. The number of aryl methyl sites for hydroxylation is 1. The van der Waals surface area contributed by atoms with Gasteiger partial charge in [-0.1, -0.05) is 6.07 Å². The number of carbonyl (C=O) groups is 1. The van der Waals surface area contributed by atoms with Crippen LogP contribution in [0.4, 0.5) is 5.69 Å². The van der Waals surface area contributed by atoms with E-state index in [1.165, 1.54) is 12.8 Å². The second-order valence-corrected chi connectivity index (χ2v) is 6.41. The van der Waals surface area contributed by atoms with Gasteiger partial charge in [0.2, 0.25) is 0 Å². The summed E-state index contributed by atoms with van der Waals surface area (Å²) in [6, 6.07) is 5.89. The van der Waals surface area contributed by atoms with Crippen LogP contribution in [0.15, 0.2) is 18.2 Å². The normalized spacial score (nSPS) is 23.1. The van der Waals surface area contributed by atoms with Crippen molar-refractivity contribution in [1.29, 1.82) is 0 Å². The number of amides is 1. The van der Waals surface area contributed by atoms with Crippen molar-refractivity contribution in [3.63, 3.8) is 0 Å². The fourth-order valence-electron chi connectivity index (χ4n) is 2.59. The van der Waals surface area contributed by atoms with Crippen LogP contribution in [0.3, 0.4) is 0 Å². The molecule has 3 nitrogen and oxygen atoms in total. The maximum absolute atomic E-state index is 12.2. The highest BCUT2D eigenvalue weighted by Gasteiger charge is 2.22. The molecule has 0 spiro atoms. The molecule has 0 atom stereocenters. The first kappa shape index (κ1) is 14.3. The Morgan fingerprint density at radius 1 is 1.32 bits per heavy atom. The minimum Gasteiger partial charge on any atom is -0.398 e. The molecule has 4 heteroatoms. The van der Waals surface area contributed by atoms with Crippen LogP contribution in [-0.4, -0.2) is 23.5 Å². The highest BCUT2D eigenvalue weighted by atomic mass is 32.2. The molecule has 0 radical (unpaired) electrons. The zero-order chi connectivity index (χ0) is 13.8. The standard InChI is InChI=1S/C15H22N2OS/c1-10-3-8-13(14(16)9-10)15(18)17-11-4-6-12(19-2)7-5-11/h3,8-9,11-12H,4-7,16H2,1-2H3,(H,17,18). The summed E-state index contributed by atoms with van der Waals surface area (Å²) in [4.78, 5) is 12.2. The monoisotopic (exact) mass is 278 g/mol. The van der Waals surface area contributed by atoms with Gasteiger partial charge >= 0.3 is 0 Å². The Hall–Kier alpha value is -1.16. The Kier molecular flexibility index (Phi) is 4.75. The van der Waals surface area contributed by atoms with Gasteiger partial charge < -0.3 is 11.1 Å². The summed E-state index contributed by atoms with van der Waals surface area (Å²) in [5.74, 6) is -0.0369. The molecular formula is C15H22N2OS. The van der Waals surface area contributed by atoms with Crippen LogP contribution in [-0.2, 0) is 0 Å². The molecule has 3 N–H and O–H groups in total. The number of anilines is 1.